The zero-order valence-corrected chi connectivity index (χ0v) is 16.6. The van der Waals surface area contributed by atoms with Crippen molar-refractivity contribution in [2.75, 3.05) is 25.8 Å². The first-order chi connectivity index (χ1) is 13.1. The van der Waals surface area contributed by atoms with E-state index in [0.29, 0.717) is 6.61 Å². The molecule has 1 aliphatic carbocycles. The molecule has 0 radical (unpaired) electrons. The van der Waals surface area contributed by atoms with Crippen molar-refractivity contribution in [2.24, 2.45) is 11.2 Å². The molecule has 0 saturated heterocycles. The molecule has 0 bridgehead atoms. The van der Waals surface area contributed by atoms with Gasteiger partial charge in [0.15, 0.2) is 0 Å². The summed E-state index contributed by atoms with van der Waals surface area (Å²) < 4.78 is 11.4. The molecule has 0 atom stereocenters. The van der Waals surface area contributed by atoms with Crippen molar-refractivity contribution < 1.29 is 9.47 Å². The fourth-order valence-corrected chi connectivity index (χ4v) is 3.42. The van der Waals surface area contributed by atoms with Gasteiger partial charge in [-0.3, -0.25) is 0 Å². The van der Waals surface area contributed by atoms with Crippen LogP contribution in [0.4, 0.5) is 5.69 Å². The number of nitroso groups, excluding NO2 is 1. The fraction of sp³-hybridized carbons (Fsp3) is 0.455. The molecule has 0 aliphatic heterocycles. The molecule has 0 heterocycles. The number of benzene rings is 2. The summed E-state index contributed by atoms with van der Waals surface area (Å²) in [5.41, 5.74) is 5.26. The number of nitrogens with zero attached hydrogens (tertiary/aromatic N) is 2. The number of anilines is 1. The van der Waals surface area contributed by atoms with Crippen LogP contribution in [0.5, 0.6) is 11.5 Å². The van der Waals surface area contributed by atoms with Crippen molar-refractivity contribution in [3.63, 3.8) is 0 Å². The number of hydrogen-bond donors (Lipinski definition) is 0. The van der Waals surface area contributed by atoms with Crippen LogP contribution in [0, 0.1) is 17.7 Å². The third kappa shape index (κ3) is 4.41. The highest BCUT2D eigenvalue weighted by Crippen LogP contribution is 2.39. The smallest absolute Gasteiger partial charge is 0.126 e. The molecule has 2 aromatic carbocycles. The quantitative estimate of drug-likeness (QED) is 0.431. The number of hydrogen-bond acceptors (Lipinski definition) is 4. The molecule has 1 aliphatic rings. The van der Waals surface area contributed by atoms with E-state index >= 15 is 0 Å². The summed E-state index contributed by atoms with van der Waals surface area (Å²) in [5, 5.41) is 4.40. The highest BCUT2D eigenvalue weighted by atomic mass is 16.5. The van der Waals surface area contributed by atoms with E-state index in [0.717, 1.165) is 46.2 Å². The van der Waals surface area contributed by atoms with Gasteiger partial charge in [0, 0.05) is 12.6 Å². The van der Waals surface area contributed by atoms with Gasteiger partial charge in [-0.1, -0.05) is 18.9 Å². The highest BCUT2D eigenvalue weighted by Gasteiger charge is 2.22. The van der Waals surface area contributed by atoms with E-state index in [-0.39, 0.29) is 0 Å². The highest BCUT2D eigenvalue weighted by molar-refractivity contribution is 5.74. The maximum Gasteiger partial charge on any atom is 0.126 e. The predicted molar refractivity (Wildman–Crippen MR) is 110 cm³/mol. The van der Waals surface area contributed by atoms with Gasteiger partial charge in [-0.2, -0.15) is 0 Å². The Morgan fingerprint density at radius 3 is 2.56 bits per heavy atom. The second-order valence-electron chi connectivity index (χ2n) is 7.16. The molecule has 0 aromatic heterocycles. The summed E-state index contributed by atoms with van der Waals surface area (Å²) in [6, 6.07) is 10.2. The van der Waals surface area contributed by atoms with Crippen molar-refractivity contribution in [3.8, 4) is 22.6 Å². The van der Waals surface area contributed by atoms with Crippen molar-refractivity contribution >= 4 is 5.69 Å². The molecule has 3 rings (SSSR count). The number of methoxy groups -OCH3 is 1. The van der Waals surface area contributed by atoms with Gasteiger partial charge in [0.2, 0.25) is 0 Å². The Kier molecular flexibility index (Phi) is 5.99. The topological polar surface area (TPSA) is 51.1 Å². The molecule has 0 N–H and O–H groups in total. The van der Waals surface area contributed by atoms with Gasteiger partial charge < -0.3 is 9.47 Å². The van der Waals surface area contributed by atoms with Crippen LogP contribution < -0.4 is 14.5 Å². The maximum absolute atomic E-state index is 10.9. The third-order valence-electron chi connectivity index (χ3n) is 5.25. The Morgan fingerprint density at radius 2 is 1.93 bits per heavy atom. The molecular weight excluding hydrogens is 340 g/mol. The minimum atomic E-state index is 0.608. The largest absolute Gasteiger partial charge is 0.496 e. The van der Waals surface area contributed by atoms with Gasteiger partial charge in [-0.15, -0.1) is 4.91 Å². The lowest BCUT2D eigenvalue weighted by Crippen LogP contribution is -2.07. The van der Waals surface area contributed by atoms with Gasteiger partial charge in [0.1, 0.15) is 11.5 Å². The van der Waals surface area contributed by atoms with E-state index in [1.54, 1.807) is 14.2 Å². The van der Waals surface area contributed by atoms with Gasteiger partial charge in [0.25, 0.3) is 0 Å². The van der Waals surface area contributed by atoms with E-state index in [4.69, 9.17) is 9.47 Å². The fourth-order valence-electron chi connectivity index (χ4n) is 3.42. The molecule has 27 heavy (non-hydrogen) atoms. The van der Waals surface area contributed by atoms with Gasteiger partial charge in [0.05, 0.1) is 24.7 Å². The summed E-state index contributed by atoms with van der Waals surface area (Å²) >= 11 is 0. The Morgan fingerprint density at radius 1 is 1.19 bits per heavy atom. The Balaban J connectivity index is 2.05. The van der Waals surface area contributed by atoms with Gasteiger partial charge in [-0.05, 0) is 73.6 Å². The number of aryl methyl sites for hydroxylation is 1. The normalized spacial score (nSPS) is 13.3. The number of rotatable bonds is 9. The zero-order chi connectivity index (χ0) is 19.4. The second kappa shape index (κ2) is 8.42. The summed E-state index contributed by atoms with van der Waals surface area (Å²) in [6.07, 6.45) is 4.83. The van der Waals surface area contributed by atoms with E-state index in [2.05, 4.69) is 29.6 Å². The molecule has 2 aromatic rings. The average Bonchev–Trinajstić information content (AvgIpc) is 3.51. The second-order valence-corrected chi connectivity index (χ2v) is 7.16. The summed E-state index contributed by atoms with van der Waals surface area (Å²) in [6.45, 7) is 4.60. The molecule has 0 unspecified atom stereocenters. The summed E-state index contributed by atoms with van der Waals surface area (Å²) in [4.78, 5) is 10.9. The summed E-state index contributed by atoms with van der Waals surface area (Å²) in [7, 11) is 3.36. The first-order valence-electron chi connectivity index (χ1n) is 9.59. The minimum Gasteiger partial charge on any atom is -0.496 e. The predicted octanol–water partition coefficient (Wildman–Crippen LogP) is 5.53. The van der Waals surface area contributed by atoms with Crippen LogP contribution in [0.1, 0.15) is 37.3 Å². The van der Waals surface area contributed by atoms with Crippen LogP contribution in [0.3, 0.4) is 0 Å². The lowest BCUT2D eigenvalue weighted by Gasteiger charge is -2.18. The molecule has 0 spiro atoms. The lowest BCUT2D eigenvalue weighted by molar-refractivity contribution is 0.333. The Labute approximate surface area is 161 Å². The number of ether oxygens (including phenoxy) is 2. The van der Waals surface area contributed by atoms with Crippen molar-refractivity contribution in [1.29, 1.82) is 0 Å². The lowest BCUT2D eigenvalue weighted by atomic mass is 9.94. The zero-order valence-electron chi connectivity index (χ0n) is 16.6. The summed E-state index contributed by atoms with van der Waals surface area (Å²) in [5.74, 6) is 2.51. The van der Waals surface area contributed by atoms with Crippen LogP contribution in [0.15, 0.2) is 35.6 Å². The molecule has 5 nitrogen and oxygen atoms in total. The minimum absolute atomic E-state index is 0.608. The third-order valence-corrected chi connectivity index (χ3v) is 5.25. The van der Waals surface area contributed by atoms with Crippen molar-refractivity contribution in [1.82, 2.24) is 0 Å². The van der Waals surface area contributed by atoms with Crippen LogP contribution in [-0.4, -0.2) is 20.8 Å². The van der Waals surface area contributed by atoms with E-state index in [9.17, 15) is 4.91 Å². The van der Waals surface area contributed by atoms with E-state index in [1.165, 1.54) is 29.8 Å². The maximum atomic E-state index is 10.9. The molecular formula is C22H28N2O3. The molecule has 144 valence electrons. The SMILES string of the molecule is CCOc1cc(-c2ccc(N(C)N=O)cc2CCC2CC2)cc(OC)c1C. The Bertz CT molecular complexity index is 815. The van der Waals surface area contributed by atoms with Gasteiger partial charge in [-0.25, -0.2) is 5.01 Å². The molecule has 1 saturated carbocycles. The molecule has 5 heteroatoms. The monoisotopic (exact) mass is 368 g/mol. The standard InChI is InChI=1S/C22H28N2O3/c1-5-27-22-14-18(13-21(26-4)15(22)2)20-11-10-19(24(3)23-25)12-17(20)9-8-16-6-7-16/h10-14,16H,5-9H2,1-4H3. The van der Waals surface area contributed by atoms with Crippen molar-refractivity contribution in [3.05, 3.63) is 46.4 Å². The first kappa shape index (κ1) is 19.2. The average molecular weight is 368 g/mol. The van der Waals surface area contributed by atoms with Crippen LogP contribution in [-0.2, 0) is 6.42 Å². The Hall–Kier alpha value is -2.56. The van der Waals surface area contributed by atoms with Crippen molar-refractivity contribution in [2.45, 2.75) is 39.5 Å². The van der Waals surface area contributed by atoms with E-state index < -0.39 is 0 Å². The van der Waals surface area contributed by atoms with Gasteiger partial charge >= 0.3 is 0 Å². The van der Waals surface area contributed by atoms with E-state index in [1.807, 2.05) is 19.9 Å². The van der Waals surface area contributed by atoms with Crippen LogP contribution in [0.2, 0.25) is 0 Å². The first-order valence-corrected chi connectivity index (χ1v) is 9.59. The van der Waals surface area contributed by atoms with Crippen LogP contribution >= 0.6 is 0 Å². The molecule has 0 amide bonds. The van der Waals surface area contributed by atoms with Crippen LogP contribution in [0.25, 0.3) is 11.1 Å². The molecule has 1 fully saturated rings.